The second-order valence-corrected chi connectivity index (χ2v) is 1.72. The molecule has 0 aromatic rings. The Morgan fingerprint density at radius 3 is 1.86 bits per heavy atom. The van der Waals surface area contributed by atoms with Gasteiger partial charge in [-0.2, -0.15) is 0 Å². The van der Waals surface area contributed by atoms with Gasteiger partial charge < -0.3 is 0 Å². The third-order valence-corrected chi connectivity index (χ3v) is 1.41. The molecule has 0 saturated carbocycles. The molecule has 0 amide bonds. The zero-order chi connectivity index (χ0) is 5.70. The maximum absolute atomic E-state index is 4.71. The molecule has 0 fully saturated rings. The van der Waals surface area contributed by atoms with Gasteiger partial charge in [-0.1, -0.05) is 32.0 Å². The van der Waals surface area contributed by atoms with E-state index in [1.807, 2.05) is 0 Å². The average Bonchev–Trinajstić information content (AvgIpc) is 1.72. The summed E-state index contributed by atoms with van der Waals surface area (Å²) in [6.45, 7) is 4.25. The number of hydrogen-bond donors (Lipinski definition) is 0. The smallest absolute Gasteiger partial charge is 0.000529 e. The molecule has 0 saturated heterocycles. The molecule has 0 atom stereocenters. The molecule has 0 rings (SSSR count). The van der Waals surface area contributed by atoms with Crippen LogP contribution in [0.25, 0.3) is 0 Å². The van der Waals surface area contributed by atoms with Gasteiger partial charge in [-0.15, -0.1) is 0 Å². The van der Waals surface area contributed by atoms with Crippen molar-refractivity contribution in [1.29, 1.82) is 0 Å². The first-order valence-electron chi connectivity index (χ1n) is 2.65. The van der Waals surface area contributed by atoms with E-state index in [1.54, 1.807) is 5.41 Å². The van der Waals surface area contributed by atoms with Crippen LogP contribution in [0.4, 0.5) is 0 Å². The fourth-order valence-corrected chi connectivity index (χ4v) is 0.750. The van der Waals surface area contributed by atoms with Crippen molar-refractivity contribution >= 4 is 12.6 Å². The van der Waals surface area contributed by atoms with Crippen LogP contribution in [0.3, 0.4) is 0 Å². The summed E-state index contributed by atoms with van der Waals surface area (Å²) in [7, 11) is 0. The summed E-state index contributed by atoms with van der Waals surface area (Å²) >= 11 is 4.71. The van der Waals surface area contributed by atoms with Crippen molar-refractivity contribution in [3.05, 3.63) is 11.0 Å². The van der Waals surface area contributed by atoms with Gasteiger partial charge in [0.2, 0.25) is 0 Å². The third-order valence-electron chi connectivity index (χ3n) is 1.07. The zero-order valence-electron chi connectivity index (χ0n) is 4.90. The van der Waals surface area contributed by atoms with E-state index in [0.717, 1.165) is 12.8 Å². The summed E-state index contributed by atoms with van der Waals surface area (Å²) in [5, 5.41) is 1.78. The molecule has 0 bridgehead atoms. The van der Waals surface area contributed by atoms with Crippen molar-refractivity contribution in [1.82, 2.24) is 0 Å². The van der Waals surface area contributed by atoms with Gasteiger partial charge in [-0.3, -0.25) is 0 Å². The van der Waals surface area contributed by atoms with Gasteiger partial charge in [0.05, 0.1) is 0 Å². The maximum Gasteiger partial charge on any atom is 0.000529 e. The second kappa shape index (κ2) is 4.13. The van der Waals surface area contributed by atoms with Gasteiger partial charge in [-0.25, -0.2) is 0 Å². The van der Waals surface area contributed by atoms with Gasteiger partial charge >= 0.3 is 0 Å². The molecule has 0 heterocycles. The van der Waals surface area contributed by atoms with Crippen molar-refractivity contribution in [2.45, 2.75) is 26.7 Å². The minimum Gasteiger partial charge on any atom is -0.0888 e. The normalized spacial score (nSPS) is 8.29. The van der Waals surface area contributed by atoms with Gasteiger partial charge in [-0.05, 0) is 12.8 Å². The van der Waals surface area contributed by atoms with Crippen LogP contribution in [0.1, 0.15) is 26.7 Å². The van der Waals surface area contributed by atoms with E-state index < -0.39 is 0 Å². The molecule has 0 unspecified atom stereocenters. The molecule has 0 aliphatic carbocycles. The van der Waals surface area contributed by atoms with Gasteiger partial charge in [0.1, 0.15) is 0 Å². The molecule has 0 spiro atoms. The van der Waals surface area contributed by atoms with E-state index in [1.165, 1.54) is 5.57 Å². The van der Waals surface area contributed by atoms with Crippen LogP contribution < -0.4 is 0 Å². The summed E-state index contributed by atoms with van der Waals surface area (Å²) < 4.78 is 0. The predicted octanol–water partition coefficient (Wildman–Crippen LogP) is 2.89. The monoisotopic (exact) mass is 115 g/mol. The maximum atomic E-state index is 4.71. The fourth-order valence-electron chi connectivity index (χ4n) is 0.417. The highest BCUT2D eigenvalue weighted by Gasteiger charge is 1.83. The lowest BCUT2D eigenvalue weighted by Crippen LogP contribution is -1.71. The van der Waals surface area contributed by atoms with E-state index in [-0.39, 0.29) is 0 Å². The van der Waals surface area contributed by atoms with Crippen LogP contribution >= 0.6 is 12.6 Å². The number of allylic oxidation sites excluding steroid dienone is 1. The Bertz CT molecular complexity index is 58.6. The van der Waals surface area contributed by atoms with E-state index in [2.05, 4.69) is 13.8 Å². The summed E-state index contributed by atoms with van der Waals surface area (Å²) in [6, 6.07) is 0. The third kappa shape index (κ3) is 2.63. The quantitative estimate of drug-likeness (QED) is 0.519. The lowest BCUT2D eigenvalue weighted by atomic mass is 10.2. The van der Waals surface area contributed by atoms with Crippen molar-refractivity contribution in [3.63, 3.8) is 0 Å². The van der Waals surface area contributed by atoms with E-state index in [4.69, 9.17) is 12.6 Å². The highest BCUT2D eigenvalue weighted by molar-refractivity contribution is 7.83. The highest BCUT2D eigenvalue weighted by Crippen LogP contribution is 2.05. The molecule has 0 aromatic carbocycles. The molecule has 1 heteroatoms. The Kier molecular flexibility index (Phi) is 4.10. The molecular formula is C6H11S. The highest BCUT2D eigenvalue weighted by atomic mass is 32.1. The standard InChI is InChI=1S/C6H11S/c1-3-6(4-2)5-7/h5H,3-4H2,1-2H3. The largest absolute Gasteiger partial charge is 0.0888 e. The van der Waals surface area contributed by atoms with Gasteiger partial charge in [0.15, 0.2) is 0 Å². The molecule has 0 aliphatic rings. The van der Waals surface area contributed by atoms with Crippen molar-refractivity contribution < 1.29 is 0 Å². The van der Waals surface area contributed by atoms with Crippen LogP contribution in [0, 0.1) is 0 Å². The Labute approximate surface area is 51.0 Å². The average molecular weight is 115 g/mol. The first-order valence-corrected chi connectivity index (χ1v) is 3.12. The van der Waals surface area contributed by atoms with Crippen LogP contribution in [0.2, 0.25) is 0 Å². The van der Waals surface area contributed by atoms with Crippen LogP contribution in [-0.2, 0) is 0 Å². The SMILES string of the molecule is CCC(=C[S])CC. The lowest BCUT2D eigenvalue weighted by molar-refractivity contribution is 0.984. The second-order valence-electron chi connectivity index (χ2n) is 1.48. The summed E-state index contributed by atoms with van der Waals surface area (Å²) in [4.78, 5) is 0. The summed E-state index contributed by atoms with van der Waals surface area (Å²) in [5.74, 6) is 0. The summed E-state index contributed by atoms with van der Waals surface area (Å²) in [5.41, 5.74) is 1.37. The van der Waals surface area contributed by atoms with Gasteiger partial charge in [0.25, 0.3) is 0 Å². The summed E-state index contributed by atoms with van der Waals surface area (Å²) in [6.07, 6.45) is 2.22. The Balaban J connectivity index is 3.38. The minimum absolute atomic E-state index is 1.11. The van der Waals surface area contributed by atoms with Crippen molar-refractivity contribution in [3.8, 4) is 0 Å². The Morgan fingerprint density at radius 1 is 1.43 bits per heavy atom. The molecule has 0 aromatic heterocycles. The predicted molar refractivity (Wildman–Crippen MR) is 36.3 cm³/mol. The molecule has 7 heavy (non-hydrogen) atoms. The first kappa shape index (κ1) is 6.96. The molecule has 0 aliphatic heterocycles. The number of rotatable bonds is 2. The lowest BCUT2D eigenvalue weighted by Gasteiger charge is -1.91. The van der Waals surface area contributed by atoms with Gasteiger partial charge in [0, 0.05) is 5.41 Å². The Morgan fingerprint density at radius 2 is 1.86 bits per heavy atom. The van der Waals surface area contributed by atoms with Crippen LogP contribution in [0.5, 0.6) is 0 Å². The molecule has 41 valence electrons. The fraction of sp³-hybridized carbons (Fsp3) is 0.667. The first-order chi connectivity index (χ1) is 3.35. The van der Waals surface area contributed by atoms with E-state index in [9.17, 15) is 0 Å². The topological polar surface area (TPSA) is 0 Å². The van der Waals surface area contributed by atoms with Crippen LogP contribution in [0.15, 0.2) is 11.0 Å². The van der Waals surface area contributed by atoms with Crippen molar-refractivity contribution in [2.75, 3.05) is 0 Å². The van der Waals surface area contributed by atoms with E-state index >= 15 is 0 Å². The van der Waals surface area contributed by atoms with E-state index in [0.29, 0.717) is 0 Å². The Hall–Kier alpha value is -0.0400. The zero-order valence-corrected chi connectivity index (χ0v) is 5.72. The molecular weight excluding hydrogens is 104 g/mol. The molecule has 1 radical (unpaired) electrons. The number of hydrogen-bond acceptors (Lipinski definition) is 0. The van der Waals surface area contributed by atoms with Crippen LogP contribution in [-0.4, -0.2) is 0 Å². The minimum atomic E-state index is 1.11. The molecule has 0 nitrogen and oxygen atoms in total. The molecule has 0 N–H and O–H groups in total. The van der Waals surface area contributed by atoms with Crippen molar-refractivity contribution in [2.24, 2.45) is 0 Å².